The van der Waals surface area contributed by atoms with E-state index in [1.165, 1.54) is 11.6 Å². The van der Waals surface area contributed by atoms with Crippen molar-refractivity contribution < 1.29 is 14.7 Å². The van der Waals surface area contributed by atoms with Gasteiger partial charge in [0.1, 0.15) is 5.78 Å². The van der Waals surface area contributed by atoms with E-state index in [1.807, 2.05) is 6.92 Å². The molecule has 2 aliphatic rings. The van der Waals surface area contributed by atoms with Crippen LogP contribution in [0.25, 0.3) is 0 Å². The third kappa shape index (κ3) is 3.29. The van der Waals surface area contributed by atoms with Crippen molar-refractivity contribution in [2.24, 2.45) is 22.7 Å². The maximum absolute atomic E-state index is 12.4. The normalized spacial score (nSPS) is 33.9. The Labute approximate surface area is 139 Å². The molecule has 0 aromatic heterocycles. The van der Waals surface area contributed by atoms with Gasteiger partial charge in [0.25, 0.3) is 0 Å². The van der Waals surface area contributed by atoms with Crippen LogP contribution >= 0.6 is 0 Å². The maximum atomic E-state index is 12.4. The molecule has 128 valence electrons. The molecule has 2 aliphatic carbocycles. The highest BCUT2D eigenvalue weighted by Gasteiger charge is 2.54. The van der Waals surface area contributed by atoms with Gasteiger partial charge >= 0.3 is 5.97 Å². The number of carboxylic acid groups (broad SMARTS) is 1. The van der Waals surface area contributed by atoms with E-state index in [4.69, 9.17) is 5.11 Å². The molecular formula is C20H30O3. The van der Waals surface area contributed by atoms with Gasteiger partial charge in [0, 0.05) is 17.9 Å². The van der Waals surface area contributed by atoms with Crippen LogP contribution in [0.2, 0.25) is 0 Å². The number of hydrogen-bond donors (Lipinski definition) is 1. The zero-order chi connectivity index (χ0) is 17.4. The molecule has 1 saturated carbocycles. The number of aliphatic carboxylic acids is 1. The van der Waals surface area contributed by atoms with Crippen LogP contribution in [-0.2, 0) is 9.59 Å². The van der Waals surface area contributed by atoms with Gasteiger partial charge in [-0.3, -0.25) is 4.79 Å². The van der Waals surface area contributed by atoms with Gasteiger partial charge in [-0.2, -0.15) is 0 Å². The first-order chi connectivity index (χ1) is 10.6. The molecule has 0 unspecified atom stereocenters. The smallest absolute Gasteiger partial charge is 0.328 e. The molecule has 2 rings (SSSR count). The lowest BCUT2D eigenvalue weighted by Gasteiger charge is -2.56. The molecule has 0 amide bonds. The first-order valence-corrected chi connectivity index (χ1v) is 8.69. The zero-order valence-electron chi connectivity index (χ0n) is 15.1. The molecule has 3 atom stereocenters. The number of hydrogen-bond acceptors (Lipinski definition) is 2. The van der Waals surface area contributed by atoms with Crippen LogP contribution in [0.1, 0.15) is 66.7 Å². The second-order valence-electron chi connectivity index (χ2n) is 8.31. The van der Waals surface area contributed by atoms with E-state index >= 15 is 0 Å². The van der Waals surface area contributed by atoms with Crippen molar-refractivity contribution in [2.75, 3.05) is 0 Å². The number of allylic oxidation sites excluding steroid dienone is 3. The van der Waals surface area contributed by atoms with E-state index in [0.29, 0.717) is 24.0 Å². The van der Waals surface area contributed by atoms with E-state index in [2.05, 4.69) is 33.8 Å². The summed E-state index contributed by atoms with van der Waals surface area (Å²) in [6.45, 7) is 10.7. The summed E-state index contributed by atoms with van der Waals surface area (Å²) in [5, 5.41) is 8.88. The number of rotatable bonds is 4. The maximum Gasteiger partial charge on any atom is 0.328 e. The third-order valence-electron chi connectivity index (χ3n) is 6.50. The fourth-order valence-electron chi connectivity index (χ4n) is 5.06. The molecule has 0 aromatic carbocycles. The van der Waals surface area contributed by atoms with Gasteiger partial charge in [-0.05, 0) is 56.8 Å². The van der Waals surface area contributed by atoms with Crippen molar-refractivity contribution in [2.45, 2.75) is 66.7 Å². The molecule has 0 aliphatic heterocycles. The molecule has 0 bridgehead atoms. The Kier molecular flexibility index (Phi) is 4.89. The largest absolute Gasteiger partial charge is 0.478 e. The van der Waals surface area contributed by atoms with Crippen LogP contribution in [0.4, 0.5) is 0 Å². The Bertz CT molecular complexity index is 567. The summed E-state index contributed by atoms with van der Waals surface area (Å²) in [5.41, 5.74) is 2.22. The molecule has 3 heteroatoms. The van der Waals surface area contributed by atoms with Crippen LogP contribution in [0, 0.1) is 22.7 Å². The highest BCUT2D eigenvalue weighted by Crippen LogP contribution is 2.59. The Balaban J connectivity index is 2.25. The molecule has 1 N–H and O–H groups in total. The zero-order valence-corrected chi connectivity index (χ0v) is 15.1. The molecule has 0 radical (unpaired) electrons. The van der Waals surface area contributed by atoms with Crippen molar-refractivity contribution in [3.63, 3.8) is 0 Å². The van der Waals surface area contributed by atoms with Gasteiger partial charge in [-0.1, -0.05) is 38.0 Å². The van der Waals surface area contributed by atoms with Gasteiger partial charge < -0.3 is 5.11 Å². The van der Waals surface area contributed by atoms with Gasteiger partial charge in [0.15, 0.2) is 0 Å². The van der Waals surface area contributed by atoms with Crippen LogP contribution in [0.15, 0.2) is 23.3 Å². The summed E-state index contributed by atoms with van der Waals surface area (Å²) in [7, 11) is 0. The molecule has 3 nitrogen and oxygen atoms in total. The predicted octanol–water partition coefficient (Wildman–Crippen LogP) is 4.78. The molecule has 0 saturated heterocycles. The quantitative estimate of drug-likeness (QED) is 0.600. The fraction of sp³-hybridized carbons (Fsp3) is 0.700. The fourth-order valence-corrected chi connectivity index (χ4v) is 5.06. The number of carboxylic acids is 1. The SMILES string of the molecule is CC1=CC[C@H]2C(C)(C)C(=O)CC[C@@]2(C)[C@H]1CC/C(C)=C/C(=O)O. The van der Waals surface area contributed by atoms with Crippen molar-refractivity contribution in [3.8, 4) is 0 Å². The molecular weight excluding hydrogens is 288 g/mol. The number of carbonyl (C=O) groups is 2. The van der Waals surface area contributed by atoms with Crippen molar-refractivity contribution in [1.29, 1.82) is 0 Å². The van der Waals surface area contributed by atoms with E-state index in [9.17, 15) is 9.59 Å². The minimum Gasteiger partial charge on any atom is -0.478 e. The standard InChI is InChI=1S/C20H30O3/c1-13(12-18(22)23)6-8-15-14(2)7-9-16-19(3,4)17(21)10-11-20(15,16)5/h7,12,15-16H,6,8-11H2,1-5H3,(H,22,23)/b13-12+/t15-,16-,20-/m0/s1. The lowest BCUT2D eigenvalue weighted by Crippen LogP contribution is -2.52. The van der Waals surface area contributed by atoms with E-state index in [0.717, 1.165) is 31.3 Å². The predicted molar refractivity (Wildman–Crippen MR) is 92.1 cm³/mol. The van der Waals surface area contributed by atoms with Crippen molar-refractivity contribution in [3.05, 3.63) is 23.3 Å². The number of carbonyl (C=O) groups excluding carboxylic acids is 1. The first kappa shape index (κ1) is 18.0. The van der Waals surface area contributed by atoms with Crippen LogP contribution in [-0.4, -0.2) is 16.9 Å². The second kappa shape index (κ2) is 6.26. The van der Waals surface area contributed by atoms with Crippen LogP contribution in [0.3, 0.4) is 0 Å². The summed E-state index contributed by atoms with van der Waals surface area (Å²) in [6, 6.07) is 0. The molecule has 0 heterocycles. The average Bonchev–Trinajstić information content (AvgIpc) is 2.42. The van der Waals surface area contributed by atoms with E-state index in [-0.39, 0.29) is 10.8 Å². The summed E-state index contributed by atoms with van der Waals surface area (Å²) < 4.78 is 0. The second-order valence-corrected chi connectivity index (χ2v) is 8.31. The minimum absolute atomic E-state index is 0.139. The van der Waals surface area contributed by atoms with Crippen molar-refractivity contribution in [1.82, 2.24) is 0 Å². The van der Waals surface area contributed by atoms with Crippen LogP contribution < -0.4 is 0 Å². The van der Waals surface area contributed by atoms with E-state index < -0.39 is 5.97 Å². The Morgan fingerprint density at radius 2 is 2.04 bits per heavy atom. The summed E-state index contributed by atoms with van der Waals surface area (Å²) in [4.78, 5) is 23.2. The molecule has 0 spiro atoms. The highest BCUT2D eigenvalue weighted by atomic mass is 16.4. The van der Waals surface area contributed by atoms with Gasteiger partial charge in [0.2, 0.25) is 0 Å². The lowest BCUT2D eigenvalue weighted by atomic mass is 9.48. The van der Waals surface area contributed by atoms with Gasteiger partial charge in [0.05, 0.1) is 0 Å². The molecule has 1 fully saturated rings. The Hall–Kier alpha value is -1.38. The average molecular weight is 318 g/mol. The van der Waals surface area contributed by atoms with Crippen LogP contribution in [0.5, 0.6) is 0 Å². The monoisotopic (exact) mass is 318 g/mol. The summed E-state index contributed by atoms with van der Waals surface area (Å²) in [5.74, 6) is 0.347. The molecule has 23 heavy (non-hydrogen) atoms. The minimum atomic E-state index is -0.869. The lowest BCUT2D eigenvalue weighted by molar-refractivity contribution is -0.143. The number of ketones is 1. The highest BCUT2D eigenvalue weighted by molar-refractivity contribution is 5.85. The topological polar surface area (TPSA) is 54.4 Å². The summed E-state index contributed by atoms with van der Waals surface area (Å²) in [6.07, 6.45) is 8.02. The number of Topliss-reactive ketones (excluding diaryl/α,β-unsaturated/α-hetero) is 1. The van der Waals surface area contributed by atoms with E-state index in [1.54, 1.807) is 0 Å². The van der Waals surface area contributed by atoms with Crippen molar-refractivity contribution >= 4 is 11.8 Å². The Morgan fingerprint density at radius 3 is 2.65 bits per heavy atom. The number of fused-ring (bicyclic) bond motifs is 1. The summed E-state index contributed by atoms with van der Waals surface area (Å²) >= 11 is 0. The third-order valence-corrected chi connectivity index (χ3v) is 6.50. The molecule has 0 aromatic rings. The van der Waals surface area contributed by atoms with Gasteiger partial charge in [-0.25, -0.2) is 4.79 Å². The van der Waals surface area contributed by atoms with Gasteiger partial charge in [-0.15, -0.1) is 0 Å². The Morgan fingerprint density at radius 1 is 1.39 bits per heavy atom. The first-order valence-electron chi connectivity index (χ1n) is 8.69.